The minimum absolute atomic E-state index is 0.155. The van der Waals surface area contributed by atoms with Gasteiger partial charge in [0.2, 0.25) is 0 Å². The summed E-state index contributed by atoms with van der Waals surface area (Å²) in [6.07, 6.45) is 0. The standard InChI is InChI=1S/C15H21NO/c1-15(2,3)17-14-10-8-13(9-11-14)7-6-12-16(4)5/h8-11H,12H2,1-5H3. The van der Waals surface area contributed by atoms with E-state index in [1.54, 1.807) is 0 Å². The van der Waals surface area contributed by atoms with Gasteiger partial charge in [0.05, 0.1) is 6.54 Å². The van der Waals surface area contributed by atoms with E-state index in [1.165, 1.54) is 0 Å². The first kappa shape index (κ1) is 13.6. The fourth-order valence-corrected chi connectivity index (χ4v) is 1.26. The van der Waals surface area contributed by atoms with Gasteiger partial charge < -0.3 is 4.74 Å². The summed E-state index contributed by atoms with van der Waals surface area (Å²) in [6, 6.07) is 7.91. The molecule has 1 aromatic rings. The smallest absolute Gasteiger partial charge is 0.120 e. The predicted molar refractivity (Wildman–Crippen MR) is 72.3 cm³/mol. The Morgan fingerprint density at radius 3 is 2.18 bits per heavy atom. The molecule has 1 rings (SSSR count). The Bertz CT molecular complexity index is 401. The second kappa shape index (κ2) is 5.75. The molecule has 0 heterocycles. The van der Waals surface area contributed by atoms with Crippen LogP contribution in [-0.4, -0.2) is 31.1 Å². The summed E-state index contributed by atoms with van der Waals surface area (Å²) in [4.78, 5) is 2.05. The van der Waals surface area contributed by atoms with Crippen molar-refractivity contribution in [2.45, 2.75) is 26.4 Å². The van der Waals surface area contributed by atoms with E-state index in [-0.39, 0.29) is 5.60 Å². The maximum absolute atomic E-state index is 5.74. The van der Waals surface area contributed by atoms with Crippen LogP contribution in [0.25, 0.3) is 0 Å². The van der Waals surface area contributed by atoms with Crippen molar-refractivity contribution >= 4 is 0 Å². The first-order valence-electron chi connectivity index (χ1n) is 5.79. The molecule has 0 bridgehead atoms. The minimum Gasteiger partial charge on any atom is -0.488 e. The first-order valence-corrected chi connectivity index (χ1v) is 5.79. The van der Waals surface area contributed by atoms with Crippen LogP contribution in [0.1, 0.15) is 26.3 Å². The number of hydrogen-bond donors (Lipinski definition) is 0. The van der Waals surface area contributed by atoms with Crippen LogP contribution in [0.3, 0.4) is 0 Å². The van der Waals surface area contributed by atoms with Gasteiger partial charge in [0.25, 0.3) is 0 Å². The van der Waals surface area contributed by atoms with E-state index in [0.717, 1.165) is 17.9 Å². The third-order valence-electron chi connectivity index (χ3n) is 1.91. The molecule has 0 aliphatic heterocycles. The Morgan fingerprint density at radius 2 is 1.71 bits per heavy atom. The average molecular weight is 231 g/mol. The van der Waals surface area contributed by atoms with Crippen LogP contribution in [0, 0.1) is 11.8 Å². The molecule has 0 aliphatic rings. The molecule has 0 N–H and O–H groups in total. The van der Waals surface area contributed by atoms with Crippen LogP contribution in [0.4, 0.5) is 0 Å². The summed E-state index contributed by atoms with van der Waals surface area (Å²) < 4.78 is 5.74. The molecule has 0 saturated heterocycles. The number of ether oxygens (including phenoxy) is 1. The zero-order chi connectivity index (χ0) is 12.9. The molecule has 0 unspecified atom stereocenters. The van der Waals surface area contributed by atoms with Gasteiger partial charge in [-0.15, -0.1) is 0 Å². The highest BCUT2D eigenvalue weighted by molar-refractivity contribution is 5.38. The summed E-state index contributed by atoms with van der Waals surface area (Å²) >= 11 is 0. The fourth-order valence-electron chi connectivity index (χ4n) is 1.26. The van der Waals surface area contributed by atoms with Crippen LogP contribution in [0.2, 0.25) is 0 Å². The maximum atomic E-state index is 5.74. The van der Waals surface area contributed by atoms with E-state index >= 15 is 0 Å². The lowest BCUT2D eigenvalue weighted by Gasteiger charge is -2.21. The molecule has 1 aromatic carbocycles. The Labute approximate surface area is 105 Å². The van der Waals surface area contributed by atoms with Crippen molar-refractivity contribution in [3.8, 4) is 17.6 Å². The van der Waals surface area contributed by atoms with Crippen LogP contribution in [-0.2, 0) is 0 Å². The van der Waals surface area contributed by atoms with Gasteiger partial charge >= 0.3 is 0 Å². The lowest BCUT2D eigenvalue weighted by atomic mass is 10.2. The number of nitrogens with zero attached hydrogens (tertiary/aromatic N) is 1. The van der Waals surface area contributed by atoms with Gasteiger partial charge in [0.1, 0.15) is 11.4 Å². The molecule has 0 fully saturated rings. The van der Waals surface area contributed by atoms with Gasteiger partial charge in [-0.1, -0.05) is 11.8 Å². The highest BCUT2D eigenvalue weighted by Gasteiger charge is 2.10. The molecule has 2 nitrogen and oxygen atoms in total. The largest absolute Gasteiger partial charge is 0.488 e. The molecule has 92 valence electrons. The van der Waals surface area contributed by atoms with Crippen molar-refractivity contribution in [2.24, 2.45) is 0 Å². The normalized spacial score (nSPS) is 10.9. The van der Waals surface area contributed by atoms with E-state index in [9.17, 15) is 0 Å². The zero-order valence-electron chi connectivity index (χ0n) is 11.4. The van der Waals surface area contributed by atoms with Gasteiger partial charge in [0.15, 0.2) is 0 Å². The van der Waals surface area contributed by atoms with Gasteiger partial charge in [-0.25, -0.2) is 0 Å². The highest BCUT2D eigenvalue weighted by atomic mass is 16.5. The summed E-state index contributed by atoms with van der Waals surface area (Å²) in [7, 11) is 4.02. The van der Waals surface area contributed by atoms with Gasteiger partial charge in [-0.2, -0.15) is 0 Å². The van der Waals surface area contributed by atoms with Crippen LogP contribution < -0.4 is 4.74 Å². The number of hydrogen-bond acceptors (Lipinski definition) is 2. The Kier molecular flexibility index (Phi) is 4.60. The summed E-state index contributed by atoms with van der Waals surface area (Å²) in [5.41, 5.74) is 0.867. The molecule has 17 heavy (non-hydrogen) atoms. The highest BCUT2D eigenvalue weighted by Crippen LogP contribution is 2.17. The Hall–Kier alpha value is -1.46. The Morgan fingerprint density at radius 1 is 1.12 bits per heavy atom. The molecular weight excluding hydrogens is 210 g/mol. The van der Waals surface area contributed by atoms with E-state index < -0.39 is 0 Å². The molecule has 0 saturated carbocycles. The summed E-state index contributed by atoms with van der Waals surface area (Å²) in [5.74, 6) is 7.11. The van der Waals surface area contributed by atoms with Crippen molar-refractivity contribution in [3.63, 3.8) is 0 Å². The SMILES string of the molecule is CN(C)CC#Cc1ccc(OC(C)(C)C)cc1. The predicted octanol–water partition coefficient (Wildman–Crippen LogP) is 2.78. The van der Waals surface area contributed by atoms with Crippen molar-refractivity contribution in [3.05, 3.63) is 29.8 Å². The minimum atomic E-state index is -0.155. The molecule has 0 atom stereocenters. The van der Waals surface area contributed by atoms with E-state index in [1.807, 2.05) is 64.0 Å². The topological polar surface area (TPSA) is 12.5 Å². The lowest BCUT2D eigenvalue weighted by molar-refractivity contribution is 0.131. The van der Waals surface area contributed by atoms with Crippen molar-refractivity contribution in [1.82, 2.24) is 4.90 Å². The molecular formula is C15H21NO. The maximum Gasteiger partial charge on any atom is 0.120 e. The van der Waals surface area contributed by atoms with Crippen molar-refractivity contribution < 1.29 is 4.74 Å². The van der Waals surface area contributed by atoms with E-state index in [2.05, 4.69) is 11.8 Å². The van der Waals surface area contributed by atoms with E-state index in [4.69, 9.17) is 4.74 Å². The molecule has 0 spiro atoms. The molecule has 0 aliphatic carbocycles. The number of rotatable bonds is 2. The molecule has 2 heteroatoms. The second-order valence-electron chi connectivity index (χ2n) is 5.28. The molecule has 0 radical (unpaired) electrons. The third kappa shape index (κ3) is 5.99. The third-order valence-corrected chi connectivity index (χ3v) is 1.91. The summed E-state index contributed by atoms with van der Waals surface area (Å²) in [5, 5.41) is 0. The van der Waals surface area contributed by atoms with Gasteiger partial charge in [0, 0.05) is 5.56 Å². The van der Waals surface area contributed by atoms with Crippen LogP contribution in [0.15, 0.2) is 24.3 Å². The van der Waals surface area contributed by atoms with Crippen LogP contribution in [0.5, 0.6) is 5.75 Å². The monoisotopic (exact) mass is 231 g/mol. The first-order chi connectivity index (χ1) is 7.87. The lowest BCUT2D eigenvalue weighted by Crippen LogP contribution is -2.22. The quantitative estimate of drug-likeness (QED) is 0.726. The van der Waals surface area contributed by atoms with Crippen molar-refractivity contribution in [1.29, 1.82) is 0 Å². The summed E-state index contributed by atoms with van der Waals surface area (Å²) in [6.45, 7) is 6.90. The van der Waals surface area contributed by atoms with Crippen molar-refractivity contribution in [2.75, 3.05) is 20.6 Å². The number of benzene rings is 1. The van der Waals surface area contributed by atoms with Gasteiger partial charge in [-0.05, 0) is 59.1 Å². The molecule has 0 amide bonds. The molecule has 0 aromatic heterocycles. The second-order valence-corrected chi connectivity index (χ2v) is 5.28. The fraction of sp³-hybridized carbons (Fsp3) is 0.467. The van der Waals surface area contributed by atoms with E-state index in [0.29, 0.717) is 0 Å². The zero-order valence-corrected chi connectivity index (χ0v) is 11.4. The van der Waals surface area contributed by atoms with Gasteiger partial charge in [-0.3, -0.25) is 4.90 Å². The Balaban J connectivity index is 2.64. The van der Waals surface area contributed by atoms with Crippen LogP contribution >= 0.6 is 0 Å². The average Bonchev–Trinajstić information content (AvgIpc) is 2.18.